The van der Waals surface area contributed by atoms with Crippen LogP contribution in [-0.4, -0.2) is 23.5 Å². The molecular weight excluding hydrogens is 230 g/mol. The topological polar surface area (TPSA) is 66.4 Å². The van der Waals surface area contributed by atoms with Crippen LogP contribution in [0.15, 0.2) is 18.2 Å². The zero-order chi connectivity index (χ0) is 13.1. The van der Waals surface area contributed by atoms with Crippen LogP contribution in [0.3, 0.4) is 0 Å². The maximum Gasteiger partial charge on any atom is 0.303 e. The summed E-state index contributed by atoms with van der Waals surface area (Å²) in [4.78, 5) is 22.3. The lowest BCUT2D eigenvalue weighted by Gasteiger charge is -2.19. The SMILES string of the molecule is CC(CCC(=O)O)c1ccc2c(c1)C(=O)NCC2. The average molecular weight is 247 g/mol. The monoisotopic (exact) mass is 247 g/mol. The molecule has 1 aliphatic heterocycles. The molecule has 2 rings (SSSR count). The van der Waals surface area contributed by atoms with Gasteiger partial charge in [0.1, 0.15) is 0 Å². The van der Waals surface area contributed by atoms with E-state index in [9.17, 15) is 9.59 Å². The Morgan fingerprint density at radius 1 is 1.50 bits per heavy atom. The predicted molar refractivity (Wildman–Crippen MR) is 67.8 cm³/mol. The van der Waals surface area contributed by atoms with Gasteiger partial charge >= 0.3 is 5.97 Å². The number of benzene rings is 1. The Morgan fingerprint density at radius 2 is 2.28 bits per heavy atom. The molecule has 0 aromatic heterocycles. The minimum atomic E-state index is -0.780. The largest absolute Gasteiger partial charge is 0.481 e. The summed E-state index contributed by atoms with van der Waals surface area (Å²) < 4.78 is 0. The molecule has 0 radical (unpaired) electrons. The summed E-state index contributed by atoms with van der Waals surface area (Å²) in [5, 5.41) is 11.5. The van der Waals surface area contributed by atoms with Gasteiger partial charge in [0.15, 0.2) is 0 Å². The van der Waals surface area contributed by atoms with Crippen molar-refractivity contribution in [3.63, 3.8) is 0 Å². The molecule has 2 N–H and O–H groups in total. The van der Waals surface area contributed by atoms with E-state index >= 15 is 0 Å². The summed E-state index contributed by atoms with van der Waals surface area (Å²) in [7, 11) is 0. The molecule has 4 nitrogen and oxygen atoms in total. The van der Waals surface area contributed by atoms with E-state index in [4.69, 9.17) is 5.11 Å². The van der Waals surface area contributed by atoms with Crippen LogP contribution in [0.2, 0.25) is 0 Å². The second kappa shape index (κ2) is 5.21. The van der Waals surface area contributed by atoms with Gasteiger partial charge in [0.2, 0.25) is 0 Å². The molecule has 1 aliphatic rings. The summed E-state index contributed by atoms with van der Waals surface area (Å²) in [6.07, 6.45) is 1.62. The maximum atomic E-state index is 11.7. The van der Waals surface area contributed by atoms with Crippen molar-refractivity contribution in [1.82, 2.24) is 5.32 Å². The third-order valence-electron chi connectivity index (χ3n) is 3.42. The van der Waals surface area contributed by atoms with Crippen LogP contribution in [0.5, 0.6) is 0 Å². The lowest BCUT2D eigenvalue weighted by molar-refractivity contribution is -0.137. The molecule has 4 heteroatoms. The van der Waals surface area contributed by atoms with E-state index < -0.39 is 5.97 Å². The zero-order valence-corrected chi connectivity index (χ0v) is 10.4. The van der Waals surface area contributed by atoms with Gasteiger partial charge in [0.25, 0.3) is 5.91 Å². The number of carbonyl (C=O) groups is 2. The summed E-state index contributed by atoms with van der Waals surface area (Å²) in [6, 6.07) is 5.89. The number of hydrogen-bond donors (Lipinski definition) is 2. The maximum absolute atomic E-state index is 11.7. The second-order valence-electron chi connectivity index (χ2n) is 4.76. The molecule has 0 aliphatic carbocycles. The van der Waals surface area contributed by atoms with E-state index in [-0.39, 0.29) is 18.2 Å². The van der Waals surface area contributed by atoms with Gasteiger partial charge < -0.3 is 10.4 Å². The third-order valence-corrected chi connectivity index (χ3v) is 3.42. The van der Waals surface area contributed by atoms with Crippen molar-refractivity contribution in [3.05, 3.63) is 34.9 Å². The molecule has 0 saturated carbocycles. The Kier molecular flexibility index (Phi) is 3.65. The van der Waals surface area contributed by atoms with Crippen molar-refractivity contribution in [1.29, 1.82) is 0 Å². The van der Waals surface area contributed by atoms with Gasteiger partial charge in [-0.25, -0.2) is 0 Å². The first kappa shape index (κ1) is 12.6. The highest BCUT2D eigenvalue weighted by molar-refractivity contribution is 5.96. The number of amides is 1. The van der Waals surface area contributed by atoms with Crippen molar-refractivity contribution in [2.24, 2.45) is 0 Å². The quantitative estimate of drug-likeness (QED) is 0.854. The summed E-state index contributed by atoms with van der Waals surface area (Å²) >= 11 is 0. The lowest BCUT2D eigenvalue weighted by Crippen LogP contribution is -2.31. The number of rotatable bonds is 4. The van der Waals surface area contributed by atoms with E-state index in [2.05, 4.69) is 5.32 Å². The minimum Gasteiger partial charge on any atom is -0.481 e. The van der Waals surface area contributed by atoms with Gasteiger partial charge in [-0.05, 0) is 36.0 Å². The molecule has 1 unspecified atom stereocenters. The minimum absolute atomic E-state index is 0.0245. The first-order valence-electron chi connectivity index (χ1n) is 6.20. The van der Waals surface area contributed by atoms with E-state index in [1.807, 2.05) is 25.1 Å². The van der Waals surface area contributed by atoms with Crippen LogP contribution >= 0.6 is 0 Å². The molecular formula is C14H17NO3. The van der Waals surface area contributed by atoms with Gasteiger partial charge in [-0.1, -0.05) is 19.1 Å². The first-order valence-corrected chi connectivity index (χ1v) is 6.20. The van der Waals surface area contributed by atoms with Crippen molar-refractivity contribution in [3.8, 4) is 0 Å². The molecule has 0 saturated heterocycles. The van der Waals surface area contributed by atoms with Crippen molar-refractivity contribution < 1.29 is 14.7 Å². The molecule has 96 valence electrons. The molecule has 1 aromatic rings. The van der Waals surface area contributed by atoms with Crippen LogP contribution in [0.25, 0.3) is 0 Å². The fraction of sp³-hybridized carbons (Fsp3) is 0.429. The van der Waals surface area contributed by atoms with Gasteiger partial charge in [0.05, 0.1) is 0 Å². The van der Waals surface area contributed by atoms with Crippen LogP contribution in [0, 0.1) is 0 Å². The number of fused-ring (bicyclic) bond motifs is 1. The first-order chi connectivity index (χ1) is 8.58. The normalized spacial score (nSPS) is 15.7. The van der Waals surface area contributed by atoms with Crippen LogP contribution < -0.4 is 5.32 Å². The highest BCUT2D eigenvalue weighted by Crippen LogP contribution is 2.24. The molecule has 0 fully saturated rings. The molecule has 1 atom stereocenters. The Bertz CT molecular complexity index is 482. The molecule has 1 aromatic carbocycles. The lowest BCUT2D eigenvalue weighted by atomic mass is 9.91. The van der Waals surface area contributed by atoms with Crippen LogP contribution in [0.4, 0.5) is 0 Å². The second-order valence-corrected chi connectivity index (χ2v) is 4.76. The van der Waals surface area contributed by atoms with Crippen molar-refractivity contribution >= 4 is 11.9 Å². The summed E-state index contributed by atoms with van der Waals surface area (Å²) in [6.45, 7) is 2.69. The Morgan fingerprint density at radius 3 is 3.00 bits per heavy atom. The van der Waals surface area contributed by atoms with E-state index in [0.717, 1.165) is 23.1 Å². The van der Waals surface area contributed by atoms with Gasteiger partial charge in [-0.2, -0.15) is 0 Å². The van der Waals surface area contributed by atoms with E-state index in [1.54, 1.807) is 0 Å². The highest BCUT2D eigenvalue weighted by atomic mass is 16.4. The molecule has 1 amide bonds. The van der Waals surface area contributed by atoms with E-state index in [1.165, 1.54) is 0 Å². The van der Waals surface area contributed by atoms with Gasteiger partial charge in [-0.3, -0.25) is 9.59 Å². The number of nitrogens with one attached hydrogen (secondary N) is 1. The predicted octanol–water partition coefficient (Wildman–Crippen LogP) is 1.94. The van der Waals surface area contributed by atoms with Crippen molar-refractivity contribution in [2.75, 3.05) is 6.54 Å². The summed E-state index contributed by atoms with van der Waals surface area (Å²) in [5.41, 5.74) is 2.85. The van der Waals surface area contributed by atoms with Crippen LogP contribution in [0.1, 0.15) is 47.2 Å². The molecule has 1 heterocycles. The van der Waals surface area contributed by atoms with Gasteiger partial charge in [0, 0.05) is 18.5 Å². The molecule has 0 bridgehead atoms. The zero-order valence-electron chi connectivity index (χ0n) is 10.4. The van der Waals surface area contributed by atoms with Crippen molar-refractivity contribution in [2.45, 2.75) is 32.1 Å². The van der Waals surface area contributed by atoms with Gasteiger partial charge in [-0.15, -0.1) is 0 Å². The summed E-state index contributed by atoms with van der Waals surface area (Å²) in [5.74, 6) is -0.651. The standard InChI is InChI=1S/C14H17NO3/c1-9(2-5-13(16)17)11-4-3-10-6-7-15-14(18)12(10)8-11/h3-4,8-9H,2,5-7H2,1H3,(H,15,18)(H,16,17). The number of aliphatic carboxylic acids is 1. The van der Waals surface area contributed by atoms with Crippen LogP contribution in [-0.2, 0) is 11.2 Å². The number of carbonyl (C=O) groups excluding carboxylic acids is 1. The van der Waals surface area contributed by atoms with E-state index in [0.29, 0.717) is 13.0 Å². The number of carboxylic acid groups (broad SMARTS) is 1. The fourth-order valence-electron chi connectivity index (χ4n) is 2.24. The Balaban J connectivity index is 2.17. The molecule has 18 heavy (non-hydrogen) atoms. The Labute approximate surface area is 106 Å². The number of carboxylic acids is 1. The number of hydrogen-bond acceptors (Lipinski definition) is 2. The molecule has 0 spiro atoms. The average Bonchev–Trinajstić information content (AvgIpc) is 2.36. The highest BCUT2D eigenvalue weighted by Gasteiger charge is 2.18. The fourth-order valence-corrected chi connectivity index (χ4v) is 2.24. The Hall–Kier alpha value is -1.84. The third kappa shape index (κ3) is 2.70. The smallest absolute Gasteiger partial charge is 0.303 e.